The number of halogens is 2. The number of nitrogens with one attached hydrogen (secondary N) is 1. The lowest BCUT2D eigenvalue weighted by Gasteiger charge is -2.13. The monoisotopic (exact) mass is 215 g/mol. The van der Waals surface area contributed by atoms with Crippen LogP contribution in [0.3, 0.4) is 0 Å². The number of hydrogen-bond donors (Lipinski definition) is 2. The first-order valence-electron chi connectivity index (χ1n) is 4.41. The first-order valence-corrected chi connectivity index (χ1v) is 4.41. The molecule has 0 amide bonds. The van der Waals surface area contributed by atoms with Gasteiger partial charge in [-0.2, -0.15) is 0 Å². The van der Waals surface area contributed by atoms with Crippen molar-refractivity contribution in [2.75, 3.05) is 6.61 Å². The Morgan fingerprint density at radius 1 is 1.47 bits per heavy atom. The normalized spacial score (nSPS) is 12.3. The van der Waals surface area contributed by atoms with Crippen LogP contribution >= 0.6 is 0 Å². The van der Waals surface area contributed by atoms with Crippen LogP contribution in [0.4, 0.5) is 8.78 Å². The number of hydrogen-bond acceptors (Lipinski definition) is 3. The molecule has 0 unspecified atom stereocenters. The molecular weight excluding hydrogens is 204 g/mol. The first-order chi connectivity index (χ1) is 7.07. The molecule has 15 heavy (non-hydrogen) atoms. The van der Waals surface area contributed by atoms with Gasteiger partial charge in [-0.25, -0.2) is 8.78 Å². The van der Waals surface area contributed by atoms with Gasteiger partial charge in [0.25, 0.3) is 0 Å². The van der Waals surface area contributed by atoms with E-state index in [1.807, 2.05) is 0 Å². The van der Waals surface area contributed by atoms with E-state index in [-0.39, 0.29) is 6.61 Å². The maximum Gasteiger partial charge on any atom is 0.215 e. The maximum atomic E-state index is 13.1. The molecule has 1 rings (SSSR count). The highest BCUT2D eigenvalue weighted by Gasteiger charge is 2.22. The molecule has 2 N–H and O–H groups in total. The Bertz CT molecular complexity index is 348. The summed E-state index contributed by atoms with van der Waals surface area (Å²) >= 11 is 0. The summed E-state index contributed by atoms with van der Waals surface area (Å²) < 4.78 is 31.0. The van der Waals surface area contributed by atoms with E-state index in [1.54, 1.807) is 6.92 Å². The molecule has 0 saturated heterocycles. The second-order valence-corrected chi connectivity index (χ2v) is 2.84. The number of rotatable bonds is 3. The SMILES string of the molecule is CCOC(=N)[C@H](O)c1c(F)cccc1F. The minimum Gasteiger partial charge on any atom is -0.479 e. The summed E-state index contributed by atoms with van der Waals surface area (Å²) in [6, 6.07) is 3.22. The Kier molecular flexibility index (Phi) is 3.74. The van der Waals surface area contributed by atoms with Crippen molar-refractivity contribution in [2.24, 2.45) is 0 Å². The molecule has 0 heterocycles. The third-order valence-corrected chi connectivity index (χ3v) is 1.82. The van der Waals surface area contributed by atoms with Crippen molar-refractivity contribution in [3.8, 4) is 0 Å². The Labute approximate surface area is 85.8 Å². The zero-order valence-corrected chi connectivity index (χ0v) is 8.13. The fourth-order valence-electron chi connectivity index (χ4n) is 1.14. The maximum absolute atomic E-state index is 13.1. The quantitative estimate of drug-likeness (QED) is 0.598. The van der Waals surface area contributed by atoms with E-state index in [1.165, 1.54) is 6.07 Å². The number of ether oxygens (including phenoxy) is 1. The molecule has 0 aliphatic heterocycles. The van der Waals surface area contributed by atoms with Crippen molar-refractivity contribution in [3.05, 3.63) is 35.4 Å². The highest BCUT2D eigenvalue weighted by Crippen LogP contribution is 2.21. The van der Waals surface area contributed by atoms with Crippen LogP contribution in [-0.4, -0.2) is 17.6 Å². The van der Waals surface area contributed by atoms with Gasteiger partial charge < -0.3 is 9.84 Å². The summed E-state index contributed by atoms with van der Waals surface area (Å²) in [4.78, 5) is 0. The van der Waals surface area contributed by atoms with E-state index in [2.05, 4.69) is 4.74 Å². The third kappa shape index (κ3) is 2.50. The van der Waals surface area contributed by atoms with Gasteiger partial charge in [-0.3, -0.25) is 5.41 Å². The summed E-state index contributed by atoms with van der Waals surface area (Å²) in [6.45, 7) is 1.77. The minimum atomic E-state index is -1.70. The molecule has 0 saturated carbocycles. The molecule has 1 atom stereocenters. The van der Waals surface area contributed by atoms with Gasteiger partial charge in [-0.1, -0.05) is 6.07 Å². The van der Waals surface area contributed by atoms with E-state index in [0.29, 0.717) is 0 Å². The van der Waals surface area contributed by atoms with Crippen LogP contribution in [0.5, 0.6) is 0 Å². The van der Waals surface area contributed by atoms with Crippen molar-refractivity contribution in [3.63, 3.8) is 0 Å². The average Bonchev–Trinajstić information content (AvgIpc) is 2.17. The zero-order chi connectivity index (χ0) is 11.4. The molecule has 0 aliphatic carbocycles. The van der Waals surface area contributed by atoms with Gasteiger partial charge >= 0.3 is 0 Å². The van der Waals surface area contributed by atoms with Crippen LogP contribution in [0.15, 0.2) is 18.2 Å². The Morgan fingerprint density at radius 3 is 2.47 bits per heavy atom. The highest BCUT2D eigenvalue weighted by molar-refractivity contribution is 5.79. The molecule has 3 nitrogen and oxygen atoms in total. The fourth-order valence-corrected chi connectivity index (χ4v) is 1.14. The molecule has 0 bridgehead atoms. The standard InChI is InChI=1S/C10H11F2NO2/c1-2-15-10(13)9(14)8-6(11)4-3-5-7(8)12/h3-5,9,13-14H,2H2,1H3/t9-/m1/s1. The molecule has 0 radical (unpaired) electrons. The number of aliphatic hydroxyl groups excluding tert-OH is 1. The first kappa shape index (κ1) is 11.6. The fraction of sp³-hybridized carbons (Fsp3) is 0.300. The molecule has 82 valence electrons. The van der Waals surface area contributed by atoms with Crippen molar-refractivity contribution in [1.82, 2.24) is 0 Å². The molecule has 1 aromatic rings. The lowest BCUT2D eigenvalue weighted by molar-refractivity contribution is 0.183. The second kappa shape index (κ2) is 4.84. The smallest absolute Gasteiger partial charge is 0.215 e. The predicted octanol–water partition coefficient (Wildman–Crippen LogP) is 2.01. The molecule has 0 aliphatic rings. The van der Waals surface area contributed by atoms with Crippen LogP contribution in [0, 0.1) is 17.0 Å². The summed E-state index contributed by atoms with van der Waals surface area (Å²) in [6.07, 6.45) is -1.70. The van der Waals surface area contributed by atoms with Gasteiger partial charge in [0.15, 0.2) is 6.10 Å². The summed E-state index contributed by atoms with van der Waals surface area (Å²) in [5, 5.41) is 16.7. The Morgan fingerprint density at radius 2 is 2.00 bits per heavy atom. The van der Waals surface area contributed by atoms with E-state index < -0.39 is 29.2 Å². The van der Waals surface area contributed by atoms with Crippen LogP contribution in [0.1, 0.15) is 18.6 Å². The predicted molar refractivity (Wildman–Crippen MR) is 50.7 cm³/mol. The van der Waals surface area contributed by atoms with Gasteiger partial charge in [-0.05, 0) is 19.1 Å². The lowest BCUT2D eigenvalue weighted by Crippen LogP contribution is -2.17. The van der Waals surface area contributed by atoms with Gasteiger partial charge in [0.2, 0.25) is 5.90 Å². The molecule has 0 aromatic heterocycles. The molecule has 1 aromatic carbocycles. The highest BCUT2D eigenvalue weighted by atomic mass is 19.1. The largest absolute Gasteiger partial charge is 0.479 e. The van der Waals surface area contributed by atoms with Gasteiger partial charge in [-0.15, -0.1) is 0 Å². The number of aliphatic hydroxyl groups is 1. The van der Waals surface area contributed by atoms with E-state index >= 15 is 0 Å². The summed E-state index contributed by atoms with van der Waals surface area (Å²) in [5.41, 5.74) is -0.559. The summed E-state index contributed by atoms with van der Waals surface area (Å²) in [7, 11) is 0. The van der Waals surface area contributed by atoms with E-state index in [0.717, 1.165) is 12.1 Å². The summed E-state index contributed by atoms with van der Waals surface area (Å²) in [5.74, 6) is -2.36. The van der Waals surface area contributed by atoms with Crippen LogP contribution < -0.4 is 0 Å². The second-order valence-electron chi connectivity index (χ2n) is 2.84. The molecule has 0 spiro atoms. The van der Waals surface area contributed by atoms with Crippen LogP contribution in [-0.2, 0) is 4.74 Å². The van der Waals surface area contributed by atoms with Gasteiger partial charge in [0.1, 0.15) is 11.6 Å². The minimum absolute atomic E-state index is 0.159. The average molecular weight is 215 g/mol. The van der Waals surface area contributed by atoms with Crippen molar-refractivity contribution < 1.29 is 18.6 Å². The number of benzene rings is 1. The van der Waals surface area contributed by atoms with Gasteiger partial charge in [0, 0.05) is 0 Å². The molecule has 5 heteroatoms. The van der Waals surface area contributed by atoms with E-state index in [9.17, 15) is 13.9 Å². The topological polar surface area (TPSA) is 53.3 Å². The zero-order valence-electron chi connectivity index (χ0n) is 8.13. The third-order valence-electron chi connectivity index (χ3n) is 1.82. The Hall–Kier alpha value is -1.49. The van der Waals surface area contributed by atoms with Crippen molar-refractivity contribution in [2.45, 2.75) is 13.0 Å². The molecule has 0 fully saturated rings. The van der Waals surface area contributed by atoms with Gasteiger partial charge in [0.05, 0.1) is 12.2 Å². The van der Waals surface area contributed by atoms with Crippen molar-refractivity contribution >= 4 is 5.90 Å². The van der Waals surface area contributed by atoms with Crippen LogP contribution in [0.2, 0.25) is 0 Å². The van der Waals surface area contributed by atoms with Crippen LogP contribution in [0.25, 0.3) is 0 Å². The molecular formula is C10H11F2NO2. The van der Waals surface area contributed by atoms with E-state index in [4.69, 9.17) is 5.41 Å². The lowest BCUT2D eigenvalue weighted by atomic mass is 10.1. The Balaban J connectivity index is 3.00. The van der Waals surface area contributed by atoms with Crippen molar-refractivity contribution in [1.29, 1.82) is 5.41 Å².